The van der Waals surface area contributed by atoms with Crippen molar-refractivity contribution < 1.29 is 14.0 Å². The molecule has 2 amide bonds. The summed E-state index contributed by atoms with van der Waals surface area (Å²) in [5.74, 6) is 0.0479. The van der Waals surface area contributed by atoms with Gasteiger partial charge < -0.3 is 15.1 Å². The van der Waals surface area contributed by atoms with Gasteiger partial charge in [0.15, 0.2) is 0 Å². The first-order valence-electron chi connectivity index (χ1n) is 9.02. The zero-order chi connectivity index (χ0) is 20.1. The lowest BCUT2D eigenvalue weighted by atomic mass is 10.1. The van der Waals surface area contributed by atoms with Crippen LogP contribution in [0.1, 0.15) is 26.5 Å². The SMILES string of the molecule is O=C(Nc1ccccc1C(=O)NCc1ccco1)c1ccc(-n2cccn2)cc1. The van der Waals surface area contributed by atoms with E-state index in [0.29, 0.717) is 22.6 Å². The van der Waals surface area contributed by atoms with Gasteiger partial charge in [-0.2, -0.15) is 5.10 Å². The average molecular weight is 386 g/mol. The van der Waals surface area contributed by atoms with Crippen molar-refractivity contribution in [2.75, 3.05) is 5.32 Å². The number of carbonyl (C=O) groups excluding carboxylic acids is 2. The Morgan fingerprint density at radius 3 is 2.48 bits per heavy atom. The number of aromatic nitrogens is 2. The highest BCUT2D eigenvalue weighted by molar-refractivity contribution is 6.09. The smallest absolute Gasteiger partial charge is 0.255 e. The van der Waals surface area contributed by atoms with Crippen molar-refractivity contribution in [3.63, 3.8) is 0 Å². The summed E-state index contributed by atoms with van der Waals surface area (Å²) < 4.78 is 6.93. The molecular weight excluding hydrogens is 368 g/mol. The van der Waals surface area contributed by atoms with Crippen LogP contribution in [0.15, 0.2) is 89.8 Å². The van der Waals surface area contributed by atoms with E-state index < -0.39 is 0 Å². The number of nitrogens with zero attached hydrogens (tertiary/aromatic N) is 2. The van der Waals surface area contributed by atoms with Gasteiger partial charge in [0.2, 0.25) is 0 Å². The lowest BCUT2D eigenvalue weighted by Gasteiger charge is -2.11. The molecule has 2 aromatic heterocycles. The third kappa shape index (κ3) is 4.24. The molecule has 7 heteroatoms. The van der Waals surface area contributed by atoms with Gasteiger partial charge in [-0.1, -0.05) is 12.1 Å². The van der Waals surface area contributed by atoms with Crippen LogP contribution in [0, 0.1) is 0 Å². The summed E-state index contributed by atoms with van der Waals surface area (Å²) in [4.78, 5) is 25.2. The van der Waals surface area contributed by atoms with Crippen LogP contribution >= 0.6 is 0 Å². The quantitative estimate of drug-likeness (QED) is 0.529. The third-order valence-corrected chi connectivity index (χ3v) is 4.32. The van der Waals surface area contributed by atoms with Crippen molar-refractivity contribution in [2.45, 2.75) is 6.54 Å². The van der Waals surface area contributed by atoms with Gasteiger partial charge in [0, 0.05) is 18.0 Å². The molecule has 0 saturated heterocycles. The van der Waals surface area contributed by atoms with Gasteiger partial charge >= 0.3 is 0 Å². The summed E-state index contributed by atoms with van der Waals surface area (Å²) >= 11 is 0. The molecule has 0 aliphatic rings. The van der Waals surface area contributed by atoms with Crippen LogP contribution in [0.5, 0.6) is 0 Å². The molecule has 0 aliphatic heterocycles. The number of hydrogen-bond acceptors (Lipinski definition) is 4. The fraction of sp³-hybridized carbons (Fsp3) is 0.0455. The van der Waals surface area contributed by atoms with Crippen molar-refractivity contribution in [3.8, 4) is 5.69 Å². The molecular formula is C22H18N4O3. The Kier molecular flexibility index (Phi) is 5.20. The highest BCUT2D eigenvalue weighted by atomic mass is 16.3. The number of furan rings is 1. The van der Waals surface area contributed by atoms with Crippen LogP contribution in [0.4, 0.5) is 5.69 Å². The van der Waals surface area contributed by atoms with Crippen LogP contribution in [0.2, 0.25) is 0 Å². The molecule has 0 saturated carbocycles. The van der Waals surface area contributed by atoms with Crippen molar-refractivity contribution >= 4 is 17.5 Å². The van der Waals surface area contributed by atoms with Crippen LogP contribution in [0.3, 0.4) is 0 Å². The number of nitrogens with one attached hydrogen (secondary N) is 2. The number of carbonyl (C=O) groups is 2. The first-order chi connectivity index (χ1) is 14.2. The molecule has 0 aliphatic carbocycles. The first kappa shape index (κ1) is 18.2. The van der Waals surface area contributed by atoms with E-state index in [-0.39, 0.29) is 18.4 Å². The van der Waals surface area contributed by atoms with E-state index in [0.717, 1.165) is 5.69 Å². The Balaban J connectivity index is 1.46. The second-order valence-corrected chi connectivity index (χ2v) is 6.26. The van der Waals surface area contributed by atoms with E-state index >= 15 is 0 Å². The zero-order valence-electron chi connectivity index (χ0n) is 15.4. The number of anilines is 1. The van der Waals surface area contributed by atoms with Crippen LogP contribution < -0.4 is 10.6 Å². The molecule has 2 N–H and O–H groups in total. The average Bonchev–Trinajstić information content (AvgIpc) is 3.47. The molecule has 7 nitrogen and oxygen atoms in total. The van der Waals surface area contributed by atoms with Gasteiger partial charge in [0.1, 0.15) is 5.76 Å². The molecule has 4 aromatic rings. The molecule has 4 rings (SSSR count). The highest BCUT2D eigenvalue weighted by Gasteiger charge is 2.14. The molecule has 2 heterocycles. The topological polar surface area (TPSA) is 89.2 Å². The minimum atomic E-state index is -0.303. The lowest BCUT2D eigenvalue weighted by Crippen LogP contribution is -2.24. The van der Waals surface area contributed by atoms with E-state index in [9.17, 15) is 9.59 Å². The molecule has 2 aromatic carbocycles. The van der Waals surface area contributed by atoms with Crippen molar-refractivity contribution in [2.24, 2.45) is 0 Å². The Bertz CT molecular complexity index is 1100. The standard InChI is InChI=1S/C22H18N4O3/c27-21(16-8-10-17(11-9-16)26-13-4-12-24-26)25-20-7-2-1-6-19(20)22(28)23-15-18-5-3-14-29-18/h1-14H,15H2,(H,23,28)(H,25,27). The Hall–Kier alpha value is -4.13. The lowest BCUT2D eigenvalue weighted by molar-refractivity contribution is 0.0949. The largest absolute Gasteiger partial charge is 0.467 e. The molecule has 0 spiro atoms. The number of amides is 2. The Labute approximate surface area is 167 Å². The number of hydrogen-bond donors (Lipinski definition) is 2. The second-order valence-electron chi connectivity index (χ2n) is 6.26. The van der Waals surface area contributed by atoms with E-state index in [2.05, 4.69) is 15.7 Å². The second kappa shape index (κ2) is 8.26. The van der Waals surface area contributed by atoms with Crippen LogP contribution in [0.25, 0.3) is 5.69 Å². The minimum Gasteiger partial charge on any atom is -0.467 e. The van der Waals surface area contributed by atoms with Crippen molar-refractivity contribution in [1.29, 1.82) is 0 Å². The fourth-order valence-electron chi connectivity index (χ4n) is 2.85. The van der Waals surface area contributed by atoms with E-state index in [1.807, 2.05) is 24.4 Å². The molecule has 0 fully saturated rings. The van der Waals surface area contributed by atoms with Crippen molar-refractivity contribution in [3.05, 3.63) is 102 Å². The van der Waals surface area contributed by atoms with Gasteiger partial charge in [0.25, 0.3) is 11.8 Å². The summed E-state index contributed by atoms with van der Waals surface area (Å²) in [6.45, 7) is 0.267. The van der Waals surface area contributed by atoms with E-state index in [1.165, 1.54) is 0 Å². The van der Waals surface area contributed by atoms with E-state index in [4.69, 9.17) is 4.42 Å². The first-order valence-corrected chi connectivity index (χ1v) is 9.02. The molecule has 0 radical (unpaired) electrons. The summed E-state index contributed by atoms with van der Waals surface area (Å²) in [6.07, 6.45) is 5.06. The zero-order valence-corrected chi connectivity index (χ0v) is 15.4. The maximum absolute atomic E-state index is 12.7. The minimum absolute atomic E-state index is 0.267. The number of para-hydroxylation sites is 1. The number of rotatable bonds is 6. The van der Waals surface area contributed by atoms with Gasteiger partial charge in [-0.05, 0) is 54.6 Å². The van der Waals surface area contributed by atoms with Gasteiger partial charge in [0.05, 0.1) is 29.7 Å². The molecule has 144 valence electrons. The molecule has 0 atom stereocenters. The molecule has 0 bridgehead atoms. The predicted octanol–water partition coefficient (Wildman–Crippen LogP) is 3.65. The maximum Gasteiger partial charge on any atom is 0.255 e. The van der Waals surface area contributed by atoms with Crippen molar-refractivity contribution in [1.82, 2.24) is 15.1 Å². The van der Waals surface area contributed by atoms with Gasteiger partial charge in [-0.3, -0.25) is 9.59 Å². The number of benzene rings is 2. The summed E-state index contributed by atoms with van der Waals surface area (Å²) in [5.41, 5.74) is 2.14. The summed E-state index contributed by atoms with van der Waals surface area (Å²) in [7, 11) is 0. The predicted molar refractivity (Wildman–Crippen MR) is 108 cm³/mol. The Morgan fingerprint density at radius 2 is 1.76 bits per heavy atom. The molecule has 0 unspecified atom stereocenters. The summed E-state index contributed by atoms with van der Waals surface area (Å²) in [5, 5.41) is 9.75. The fourth-order valence-corrected chi connectivity index (χ4v) is 2.85. The normalized spacial score (nSPS) is 10.5. The van der Waals surface area contributed by atoms with Gasteiger partial charge in [-0.15, -0.1) is 0 Å². The molecule has 29 heavy (non-hydrogen) atoms. The van der Waals surface area contributed by atoms with E-state index in [1.54, 1.807) is 65.7 Å². The summed E-state index contributed by atoms with van der Waals surface area (Å²) in [6, 6.07) is 19.3. The third-order valence-electron chi connectivity index (χ3n) is 4.32. The van der Waals surface area contributed by atoms with Crippen LogP contribution in [-0.4, -0.2) is 21.6 Å². The van der Waals surface area contributed by atoms with Gasteiger partial charge in [-0.25, -0.2) is 4.68 Å². The maximum atomic E-state index is 12.7. The monoisotopic (exact) mass is 386 g/mol. The highest BCUT2D eigenvalue weighted by Crippen LogP contribution is 2.17. The Morgan fingerprint density at radius 1 is 0.931 bits per heavy atom. The van der Waals surface area contributed by atoms with Crippen LogP contribution in [-0.2, 0) is 6.54 Å².